The monoisotopic (exact) mass is 350 g/mol. The van der Waals surface area contributed by atoms with E-state index in [9.17, 15) is 4.79 Å². The normalized spacial score (nSPS) is 23.3. The number of hydrogen-bond donors (Lipinski definition) is 1. The van der Waals surface area contributed by atoms with Crippen molar-refractivity contribution < 1.29 is 4.79 Å². The van der Waals surface area contributed by atoms with Crippen molar-refractivity contribution >= 4 is 11.7 Å². The molecular weight excluding hydrogens is 324 g/mol. The average molecular weight is 350 g/mol. The highest BCUT2D eigenvalue weighted by Crippen LogP contribution is 2.38. The maximum atomic E-state index is 12.8. The third kappa shape index (κ3) is 3.58. The Kier molecular flexibility index (Phi) is 4.89. The Bertz CT molecular complexity index is 736. The van der Waals surface area contributed by atoms with Gasteiger partial charge < -0.3 is 10.2 Å². The first kappa shape index (κ1) is 17.0. The molecule has 136 valence electrons. The van der Waals surface area contributed by atoms with Crippen molar-refractivity contribution in [2.45, 2.75) is 37.8 Å². The van der Waals surface area contributed by atoms with Crippen LogP contribution in [0.1, 0.15) is 31.2 Å². The van der Waals surface area contributed by atoms with Gasteiger partial charge in [0.15, 0.2) is 0 Å². The van der Waals surface area contributed by atoms with E-state index >= 15 is 0 Å². The number of urea groups is 1. The molecule has 0 bridgehead atoms. The van der Waals surface area contributed by atoms with E-state index in [0.29, 0.717) is 0 Å². The van der Waals surface area contributed by atoms with Gasteiger partial charge in [-0.05, 0) is 56.0 Å². The highest BCUT2D eigenvalue weighted by atomic mass is 16.2. The fraction of sp³-hybridized carbons (Fsp3) is 0.429. The third-order valence-electron chi connectivity index (χ3n) is 5.70. The molecule has 0 aliphatic carbocycles. The second-order valence-electron chi connectivity index (χ2n) is 7.43. The van der Waals surface area contributed by atoms with Gasteiger partial charge in [-0.2, -0.15) is 0 Å². The van der Waals surface area contributed by atoms with Gasteiger partial charge in [0.2, 0.25) is 0 Å². The number of hydrogen-bond acceptors (Lipinski definition) is 3. The van der Waals surface area contributed by atoms with Crippen LogP contribution in [0.25, 0.3) is 0 Å². The van der Waals surface area contributed by atoms with Crippen molar-refractivity contribution in [3.8, 4) is 0 Å². The van der Waals surface area contributed by atoms with E-state index in [-0.39, 0.29) is 11.6 Å². The van der Waals surface area contributed by atoms with Crippen LogP contribution in [-0.4, -0.2) is 46.0 Å². The summed E-state index contributed by atoms with van der Waals surface area (Å²) < 4.78 is 0. The maximum Gasteiger partial charge on any atom is 0.321 e. The first-order valence-electron chi connectivity index (χ1n) is 9.50. The molecule has 0 radical (unpaired) electrons. The molecule has 5 heteroatoms. The molecule has 2 fully saturated rings. The fourth-order valence-corrected chi connectivity index (χ4v) is 4.42. The van der Waals surface area contributed by atoms with Gasteiger partial charge in [0.05, 0.1) is 0 Å². The average Bonchev–Trinajstić information content (AvgIpc) is 3.05. The second kappa shape index (κ2) is 7.46. The molecule has 1 N–H and O–H groups in total. The number of nitrogens with zero attached hydrogens (tertiary/aromatic N) is 3. The minimum absolute atomic E-state index is 0.0171. The number of carbonyl (C=O) groups is 1. The highest BCUT2D eigenvalue weighted by Gasteiger charge is 2.44. The number of aromatic nitrogens is 1. The molecule has 2 aliphatic heterocycles. The summed E-state index contributed by atoms with van der Waals surface area (Å²) in [5.74, 6) is 0. The van der Waals surface area contributed by atoms with Gasteiger partial charge in [-0.25, -0.2) is 4.79 Å². The molecule has 2 amide bonds. The summed E-state index contributed by atoms with van der Waals surface area (Å²) in [6.45, 7) is 3.66. The molecule has 0 saturated carbocycles. The Balaban J connectivity index is 1.45. The van der Waals surface area contributed by atoms with Gasteiger partial charge in [-0.1, -0.05) is 24.3 Å². The van der Waals surface area contributed by atoms with Crippen LogP contribution in [0.5, 0.6) is 0 Å². The van der Waals surface area contributed by atoms with Crippen molar-refractivity contribution in [1.29, 1.82) is 0 Å². The van der Waals surface area contributed by atoms with E-state index in [1.165, 1.54) is 24.8 Å². The molecule has 26 heavy (non-hydrogen) atoms. The summed E-state index contributed by atoms with van der Waals surface area (Å²) in [5, 5.41) is 3.04. The lowest BCUT2D eigenvalue weighted by Crippen LogP contribution is -2.57. The molecule has 4 rings (SSSR count). The Morgan fingerprint density at radius 2 is 1.88 bits per heavy atom. The van der Waals surface area contributed by atoms with Gasteiger partial charge in [0.1, 0.15) is 0 Å². The van der Waals surface area contributed by atoms with E-state index in [1.54, 1.807) is 0 Å². The largest absolute Gasteiger partial charge is 0.323 e. The Morgan fingerprint density at radius 1 is 1.08 bits per heavy atom. The van der Waals surface area contributed by atoms with Gasteiger partial charge >= 0.3 is 6.03 Å². The zero-order chi connectivity index (χ0) is 17.8. The molecular formula is C21H26N4O. The number of rotatable bonds is 3. The molecule has 1 aromatic heterocycles. The van der Waals surface area contributed by atoms with Crippen LogP contribution in [0.2, 0.25) is 0 Å². The molecule has 2 saturated heterocycles. The summed E-state index contributed by atoms with van der Waals surface area (Å²) >= 11 is 0. The topological polar surface area (TPSA) is 48.5 Å². The standard InChI is InChI=1S/C21H26N4O/c26-20(23-19-8-2-1-3-9-19)24-13-5-10-21(17-24)11-6-14-25(21)16-18-7-4-12-22-15-18/h1-4,7-9,12,15H,5-6,10-11,13-14,16-17H2,(H,23,26)/t21-/m0/s1. The Labute approximate surface area is 155 Å². The predicted molar refractivity (Wildman–Crippen MR) is 103 cm³/mol. The van der Waals surface area contributed by atoms with Crippen molar-refractivity contribution in [3.05, 3.63) is 60.4 Å². The lowest BCUT2D eigenvalue weighted by molar-refractivity contribution is 0.0533. The third-order valence-corrected chi connectivity index (χ3v) is 5.70. The number of para-hydroxylation sites is 1. The number of piperidine rings is 1. The van der Waals surface area contributed by atoms with Gasteiger partial charge in [-0.15, -0.1) is 0 Å². The van der Waals surface area contributed by atoms with Crippen LogP contribution in [-0.2, 0) is 6.54 Å². The van der Waals surface area contributed by atoms with E-state index < -0.39 is 0 Å². The van der Waals surface area contributed by atoms with Gasteiger partial charge in [0.25, 0.3) is 0 Å². The van der Waals surface area contributed by atoms with E-state index in [1.807, 2.05) is 53.7 Å². The number of pyridine rings is 1. The molecule has 3 heterocycles. The van der Waals surface area contributed by atoms with Crippen LogP contribution in [0.4, 0.5) is 10.5 Å². The zero-order valence-electron chi connectivity index (χ0n) is 15.1. The molecule has 1 aromatic carbocycles. The molecule has 5 nitrogen and oxygen atoms in total. The number of amides is 2. The molecule has 1 atom stereocenters. The number of nitrogens with one attached hydrogen (secondary N) is 1. The molecule has 0 unspecified atom stereocenters. The second-order valence-corrected chi connectivity index (χ2v) is 7.43. The summed E-state index contributed by atoms with van der Waals surface area (Å²) in [7, 11) is 0. The van der Waals surface area contributed by atoms with Crippen LogP contribution in [0.3, 0.4) is 0 Å². The van der Waals surface area contributed by atoms with Crippen LogP contribution in [0.15, 0.2) is 54.9 Å². The van der Waals surface area contributed by atoms with Crippen LogP contribution in [0, 0.1) is 0 Å². The van der Waals surface area contributed by atoms with E-state index in [4.69, 9.17) is 0 Å². The van der Waals surface area contributed by atoms with Crippen LogP contribution < -0.4 is 5.32 Å². The smallest absolute Gasteiger partial charge is 0.321 e. The molecule has 2 aliphatic rings. The summed E-state index contributed by atoms with van der Waals surface area (Å²) in [4.78, 5) is 21.6. The number of likely N-dealkylation sites (tertiary alicyclic amines) is 2. The quantitative estimate of drug-likeness (QED) is 0.917. The van der Waals surface area contributed by atoms with Crippen LogP contribution >= 0.6 is 0 Å². The number of carbonyl (C=O) groups excluding carboxylic acids is 1. The first-order chi connectivity index (χ1) is 12.8. The van der Waals surface area contributed by atoms with Gasteiger partial charge in [-0.3, -0.25) is 9.88 Å². The van der Waals surface area contributed by atoms with E-state index in [2.05, 4.69) is 21.3 Å². The van der Waals surface area contributed by atoms with E-state index in [0.717, 1.165) is 38.3 Å². The summed E-state index contributed by atoms with van der Waals surface area (Å²) in [5.41, 5.74) is 2.22. The molecule has 1 spiro atoms. The Morgan fingerprint density at radius 3 is 2.65 bits per heavy atom. The summed E-state index contributed by atoms with van der Waals surface area (Å²) in [6, 6.07) is 13.9. The minimum Gasteiger partial charge on any atom is -0.323 e. The van der Waals surface area contributed by atoms with Crippen molar-refractivity contribution in [2.24, 2.45) is 0 Å². The number of anilines is 1. The SMILES string of the molecule is O=C(Nc1ccccc1)N1CCC[C@]2(CCCN2Cc2cccnc2)C1. The predicted octanol–water partition coefficient (Wildman–Crippen LogP) is 3.74. The Hall–Kier alpha value is -2.40. The zero-order valence-corrected chi connectivity index (χ0v) is 15.1. The summed E-state index contributed by atoms with van der Waals surface area (Å²) in [6.07, 6.45) is 8.37. The first-order valence-corrected chi connectivity index (χ1v) is 9.50. The lowest BCUT2D eigenvalue weighted by atomic mass is 9.86. The lowest BCUT2D eigenvalue weighted by Gasteiger charge is -2.46. The minimum atomic E-state index is 0.0171. The van der Waals surface area contributed by atoms with Crippen molar-refractivity contribution in [2.75, 3.05) is 25.0 Å². The maximum absolute atomic E-state index is 12.8. The number of benzene rings is 1. The fourth-order valence-electron chi connectivity index (χ4n) is 4.42. The molecule has 2 aromatic rings. The van der Waals surface area contributed by atoms with Crippen molar-refractivity contribution in [3.63, 3.8) is 0 Å². The van der Waals surface area contributed by atoms with Crippen molar-refractivity contribution in [1.82, 2.24) is 14.8 Å². The highest BCUT2D eigenvalue weighted by molar-refractivity contribution is 5.89. The van der Waals surface area contributed by atoms with Gasteiger partial charge in [0, 0.05) is 43.3 Å².